The Kier molecular flexibility index (Phi) is 4.59. The van der Waals surface area contributed by atoms with Crippen molar-refractivity contribution in [3.8, 4) is 0 Å². The first-order chi connectivity index (χ1) is 9.03. The van der Waals surface area contributed by atoms with Crippen LogP contribution in [0.5, 0.6) is 0 Å². The molecule has 6 nitrogen and oxygen atoms in total. The molecule has 0 saturated carbocycles. The first kappa shape index (κ1) is 14.5. The Labute approximate surface area is 114 Å². The van der Waals surface area contributed by atoms with E-state index in [2.05, 4.69) is 21.6 Å². The van der Waals surface area contributed by atoms with Crippen LogP contribution in [0, 0.1) is 5.92 Å². The molecule has 1 aliphatic rings. The predicted molar refractivity (Wildman–Crippen MR) is 73.6 cm³/mol. The second-order valence-corrected chi connectivity index (χ2v) is 6.84. The lowest BCUT2D eigenvalue weighted by molar-refractivity contribution is 0.283. The molecule has 0 aliphatic carbocycles. The molecule has 2 heterocycles. The van der Waals surface area contributed by atoms with Gasteiger partial charge in [0.2, 0.25) is 0 Å². The molecule has 2 rings (SSSR count). The van der Waals surface area contributed by atoms with Crippen molar-refractivity contribution in [2.75, 3.05) is 13.1 Å². The third-order valence-electron chi connectivity index (χ3n) is 3.63. The molecule has 19 heavy (non-hydrogen) atoms. The van der Waals surface area contributed by atoms with Gasteiger partial charge in [-0.25, -0.2) is 4.98 Å². The van der Waals surface area contributed by atoms with Gasteiger partial charge < -0.3 is 4.98 Å². The Balaban J connectivity index is 2.04. The lowest BCUT2D eigenvalue weighted by Gasteiger charge is -2.30. The summed E-state index contributed by atoms with van der Waals surface area (Å²) in [5.74, 6) is 1.27. The van der Waals surface area contributed by atoms with E-state index in [1.54, 1.807) is 16.7 Å². The highest BCUT2D eigenvalue weighted by Crippen LogP contribution is 2.20. The van der Waals surface area contributed by atoms with Gasteiger partial charge in [0.05, 0.1) is 6.04 Å². The zero-order valence-corrected chi connectivity index (χ0v) is 12.3. The van der Waals surface area contributed by atoms with E-state index < -0.39 is 10.2 Å². The van der Waals surface area contributed by atoms with Gasteiger partial charge in [0.25, 0.3) is 10.2 Å². The Bertz CT molecular complexity index is 478. The predicted octanol–water partition coefficient (Wildman–Crippen LogP) is 1.43. The summed E-state index contributed by atoms with van der Waals surface area (Å²) < 4.78 is 28.9. The molecule has 0 bridgehead atoms. The number of imidazole rings is 1. The number of piperidine rings is 1. The van der Waals surface area contributed by atoms with Crippen molar-refractivity contribution in [3.05, 3.63) is 18.2 Å². The average molecular weight is 286 g/mol. The van der Waals surface area contributed by atoms with Crippen molar-refractivity contribution in [1.29, 1.82) is 0 Å². The number of hydrogen-bond acceptors (Lipinski definition) is 3. The fourth-order valence-electron chi connectivity index (χ4n) is 2.28. The van der Waals surface area contributed by atoms with Crippen molar-refractivity contribution in [2.45, 2.75) is 39.2 Å². The molecule has 1 fully saturated rings. The molecule has 1 unspecified atom stereocenters. The summed E-state index contributed by atoms with van der Waals surface area (Å²) in [6.07, 6.45) is 5.86. The summed E-state index contributed by atoms with van der Waals surface area (Å²) in [7, 11) is -3.42. The normalized spacial score (nSPS) is 20.5. The van der Waals surface area contributed by atoms with Crippen LogP contribution in [0.2, 0.25) is 0 Å². The second kappa shape index (κ2) is 6.02. The lowest BCUT2D eigenvalue weighted by Crippen LogP contribution is -2.45. The van der Waals surface area contributed by atoms with Gasteiger partial charge in [-0.15, -0.1) is 0 Å². The summed E-state index contributed by atoms with van der Waals surface area (Å²) in [4.78, 5) is 7.09. The average Bonchev–Trinajstić information content (AvgIpc) is 2.90. The monoisotopic (exact) mass is 286 g/mol. The Hall–Kier alpha value is -0.920. The van der Waals surface area contributed by atoms with Crippen molar-refractivity contribution in [2.24, 2.45) is 5.92 Å². The number of hydrogen-bond donors (Lipinski definition) is 2. The number of aromatic amines is 1. The van der Waals surface area contributed by atoms with Gasteiger partial charge >= 0.3 is 0 Å². The molecular weight excluding hydrogens is 264 g/mol. The number of H-pyrrole nitrogens is 1. The minimum Gasteiger partial charge on any atom is -0.347 e. The maximum absolute atomic E-state index is 12.3. The van der Waals surface area contributed by atoms with E-state index in [9.17, 15) is 8.42 Å². The summed E-state index contributed by atoms with van der Waals surface area (Å²) >= 11 is 0. The standard InChI is InChI=1S/C12H22N4O2S/c1-3-11(12-13-6-7-14-12)15-19(17,18)16-8-4-10(2)5-9-16/h6-7,10-11,15H,3-5,8-9H2,1-2H3,(H,13,14). The lowest BCUT2D eigenvalue weighted by atomic mass is 10.0. The van der Waals surface area contributed by atoms with Gasteiger partial charge in [0.1, 0.15) is 5.82 Å². The summed E-state index contributed by atoms with van der Waals surface area (Å²) in [5, 5.41) is 0. The molecule has 108 valence electrons. The number of rotatable bonds is 5. The van der Waals surface area contributed by atoms with Crippen LogP contribution in [-0.4, -0.2) is 35.8 Å². The summed E-state index contributed by atoms with van der Waals surface area (Å²) in [6.45, 7) is 5.30. The van der Waals surface area contributed by atoms with Crippen LogP contribution in [0.15, 0.2) is 12.4 Å². The first-order valence-corrected chi connectivity index (χ1v) is 8.23. The SMILES string of the molecule is CCC(NS(=O)(=O)N1CCC(C)CC1)c1ncc[nH]1. The van der Waals surface area contributed by atoms with Crippen LogP contribution in [-0.2, 0) is 10.2 Å². The van der Waals surface area contributed by atoms with E-state index in [4.69, 9.17) is 0 Å². The molecule has 1 aromatic rings. The van der Waals surface area contributed by atoms with Crippen LogP contribution < -0.4 is 4.72 Å². The van der Waals surface area contributed by atoms with Crippen molar-refractivity contribution < 1.29 is 8.42 Å². The van der Waals surface area contributed by atoms with Gasteiger partial charge in [0, 0.05) is 25.5 Å². The third kappa shape index (κ3) is 3.55. The highest BCUT2D eigenvalue weighted by Gasteiger charge is 2.29. The van der Waals surface area contributed by atoms with E-state index in [0.717, 1.165) is 12.8 Å². The zero-order chi connectivity index (χ0) is 13.9. The quantitative estimate of drug-likeness (QED) is 0.859. The van der Waals surface area contributed by atoms with E-state index >= 15 is 0 Å². The molecule has 0 aromatic carbocycles. The fraction of sp³-hybridized carbons (Fsp3) is 0.750. The zero-order valence-electron chi connectivity index (χ0n) is 11.5. The summed E-state index contributed by atoms with van der Waals surface area (Å²) in [5.41, 5.74) is 0. The molecule has 0 spiro atoms. The van der Waals surface area contributed by atoms with Crippen LogP contribution in [0.25, 0.3) is 0 Å². The molecule has 0 radical (unpaired) electrons. The molecule has 1 saturated heterocycles. The van der Waals surface area contributed by atoms with E-state index in [-0.39, 0.29) is 6.04 Å². The van der Waals surface area contributed by atoms with E-state index in [1.165, 1.54) is 0 Å². The van der Waals surface area contributed by atoms with Crippen LogP contribution >= 0.6 is 0 Å². The number of nitrogens with zero attached hydrogens (tertiary/aromatic N) is 2. The van der Waals surface area contributed by atoms with Crippen molar-refractivity contribution >= 4 is 10.2 Å². The molecule has 1 atom stereocenters. The van der Waals surface area contributed by atoms with Crippen molar-refractivity contribution in [3.63, 3.8) is 0 Å². The van der Waals surface area contributed by atoms with Crippen LogP contribution in [0.1, 0.15) is 45.0 Å². The number of aromatic nitrogens is 2. The van der Waals surface area contributed by atoms with Gasteiger partial charge in [-0.2, -0.15) is 17.4 Å². The smallest absolute Gasteiger partial charge is 0.280 e. The van der Waals surface area contributed by atoms with Gasteiger partial charge in [-0.05, 0) is 25.2 Å². The largest absolute Gasteiger partial charge is 0.347 e. The second-order valence-electron chi connectivity index (χ2n) is 5.14. The van der Waals surface area contributed by atoms with Gasteiger partial charge in [-0.1, -0.05) is 13.8 Å². The topological polar surface area (TPSA) is 78.1 Å². The minimum absolute atomic E-state index is 0.292. The highest BCUT2D eigenvalue weighted by molar-refractivity contribution is 7.87. The maximum Gasteiger partial charge on any atom is 0.280 e. The van der Waals surface area contributed by atoms with Crippen molar-refractivity contribution in [1.82, 2.24) is 19.0 Å². The molecular formula is C12H22N4O2S. The highest BCUT2D eigenvalue weighted by atomic mass is 32.2. The third-order valence-corrected chi connectivity index (χ3v) is 5.26. The van der Waals surface area contributed by atoms with E-state index in [1.807, 2.05) is 6.92 Å². The van der Waals surface area contributed by atoms with Crippen LogP contribution in [0.3, 0.4) is 0 Å². The molecule has 0 amide bonds. The molecule has 1 aromatic heterocycles. The maximum atomic E-state index is 12.3. The fourth-order valence-corrected chi connectivity index (χ4v) is 3.76. The van der Waals surface area contributed by atoms with Crippen LogP contribution in [0.4, 0.5) is 0 Å². The first-order valence-electron chi connectivity index (χ1n) is 6.79. The summed E-state index contributed by atoms with van der Waals surface area (Å²) in [6, 6.07) is -0.292. The molecule has 7 heteroatoms. The Morgan fingerprint density at radius 3 is 2.74 bits per heavy atom. The number of nitrogens with one attached hydrogen (secondary N) is 2. The van der Waals surface area contributed by atoms with Gasteiger partial charge in [-0.3, -0.25) is 0 Å². The minimum atomic E-state index is -3.42. The molecule has 2 N–H and O–H groups in total. The van der Waals surface area contributed by atoms with E-state index in [0.29, 0.717) is 31.3 Å². The molecule has 1 aliphatic heterocycles. The van der Waals surface area contributed by atoms with Gasteiger partial charge in [0.15, 0.2) is 0 Å². The Morgan fingerprint density at radius 2 is 2.21 bits per heavy atom. The Morgan fingerprint density at radius 1 is 1.53 bits per heavy atom.